The molecule has 0 bridgehead atoms. The van der Waals surface area contributed by atoms with Crippen molar-refractivity contribution in [2.75, 3.05) is 44.8 Å². The van der Waals surface area contributed by atoms with Gasteiger partial charge in [-0.25, -0.2) is 4.79 Å². The van der Waals surface area contributed by atoms with Crippen LogP contribution in [0.4, 0.5) is 10.5 Å². The van der Waals surface area contributed by atoms with Gasteiger partial charge in [0.1, 0.15) is 28.9 Å². The number of carbonyl (C=O) groups excluding carboxylic acids is 3. The summed E-state index contributed by atoms with van der Waals surface area (Å²) >= 11 is 6.17. The van der Waals surface area contributed by atoms with E-state index in [0.717, 1.165) is 10.5 Å². The van der Waals surface area contributed by atoms with Crippen LogP contribution in [-0.2, 0) is 32.5 Å². The molecule has 0 spiro atoms. The Kier molecular flexibility index (Phi) is 12.1. The number of rotatable bonds is 8. The molecular formula is C40H41ClN6O7. The van der Waals surface area contributed by atoms with Crippen LogP contribution < -0.4 is 5.32 Å². The van der Waals surface area contributed by atoms with E-state index in [0.29, 0.717) is 59.4 Å². The number of nitrogens with one attached hydrogen (secondary N) is 1. The number of nitrogens with zero attached hydrogens (tertiary/aromatic N) is 5. The molecule has 2 saturated heterocycles. The van der Waals surface area contributed by atoms with Crippen LogP contribution in [0.2, 0.25) is 5.02 Å². The van der Waals surface area contributed by atoms with Gasteiger partial charge in [0, 0.05) is 67.4 Å². The van der Waals surface area contributed by atoms with Gasteiger partial charge in [0.25, 0.3) is 5.91 Å². The maximum atomic E-state index is 14.5. The third-order valence-corrected chi connectivity index (χ3v) is 9.47. The summed E-state index contributed by atoms with van der Waals surface area (Å²) < 4.78 is 12.5. The number of carbonyl (C=O) groups is 3. The van der Waals surface area contributed by atoms with Gasteiger partial charge in [-0.15, -0.1) is 0 Å². The Morgan fingerprint density at radius 3 is 2.39 bits per heavy atom. The van der Waals surface area contributed by atoms with E-state index in [1.807, 2.05) is 30.3 Å². The number of amides is 4. The molecule has 1 aromatic heterocycles. The fraction of sp³-hybridized carbons (Fsp3) is 0.325. The Morgan fingerprint density at radius 1 is 1.00 bits per heavy atom. The first kappa shape index (κ1) is 38.2. The minimum Gasteiger partial charge on any atom is -0.507 e. The number of morpholine rings is 1. The van der Waals surface area contributed by atoms with E-state index in [1.165, 1.54) is 17.9 Å². The summed E-state index contributed by atoms with van der Waals surface area (Å²) in [6.45, 7) is 3.28. The molecule has 3 aromatic carbocycles. The van der Waals surface area contributed by atoms with Crippen molar-refractivity contribution in [2.24, 2.45) is 12.0 Å². The Bertz CT molecular complexity index is 2080. The summed E-state index contributed by atoms with van der Waals surface area (Å²) in [5, 5.41) is 30.1. The molecule has 0 aliphatic carbocycles. The monoisotopic (exact) mass is 752 g/mol. The number of hydrogen-bond donors (Lipinski definition) is 3. The second-order valence-corrected chi connectivity index (χ2v) is 13.5. The zero-order valence-electron chi connectivity index (χ0n) is 30.0. The average molecular weight is 753 g/mol. The topological polar surface area (TPSA) is 159 Å². The normalized spacial score (nSPS) is 16.1. The molecule has 6 rings (SSSR count). The van der Waals surface area contributed by atoms with Crippen molar-refractivity contribution in [3.63, 3.8) is 0 Å². The first-order valence-corrected chi connectivity index (χ1v) is 18.0. The molecule has 2 aliphatic rings. The first-order chi connectivity index (χ1) is 26.0. The highest BCUT2D eigenvalue weighted by atomic mass is 35.5. The lowest BCUT2D eigenvalue weighted by atomic mass is 9.97. The number of aromatic nitrogens is 2. The second kappa shape index (κ2) is 17.1. The summed E-state index contributed by atoms with van der Waals surface area (Å²) in [6, 6.07) is 18.9. The second-order valence-electron chi connectivity index (χ2n) is 13.1. The van der Waals surface area contributed by atoms with E-state index in [2.05, 4.69) is 27.2 Å². The van der Waals surface area contributed by atoms with Gasteiger partial charge in [-0.3, -0.25) is 19.2 Å². The molecular weight excluding hydrogens is 712 g/mol. The number of aryl methyl sites for hydroxylation is 1. The molecule has 2 aliphatic heterocycles. The average Bonchev–Trinajstić information content (AvgIpc) is 3.55. The number of phenolic OH excluding ortho intramolecular Hbond substituents is 1. The molecule has 54 heavy (non-hydrogen) atoms. The van der Waals surface area contributed by atoms with Gasteiger partial charge < -0.3 is 29.9 Å². The van der Waals surface area contributed by atoms with Crippen molar-refractivity contribution in [1.29, 1.82) is 0 Å². The Balaban J connectivity index is 1.23. The predicted octanol–water partition coefficient (Wildman–Crippen LogP) is 4.64. The lowest BCUT2D eigenvalue weighted by Crippen LogP contribution is -2.62. The predicted molar refractivity (Wildman–Crippen MR) is 203 cm³/mol. The summed E-state index contributed by atoms with van der Waals surface area (Å²) in [4.78, 5) is 48.7. The number of ether oxygens (including phenoxy) is 2. The van der Waals surface area contributed by atoms with Crippen molar-refractivity contribution < 1.29 is 34.1 Å². The van der Waals surface area contributed by atoms with Gasteiger partial charge >= 0.3 is 6.03 Å². The van der Waals surface area contributed by atoms with Crippen LogP contribution in [0.5, 0.6) is 5.75 Å². The van der Waals surface area contributed by atoms with Crippen LogP contribution in [0.25, 0.3) is 11.3 Å². The summed E-state index contributed by atoms with van der Waals surface area (Å²) in [7, 11) is 1.76. The number of phenols is 1. The van der Waals surface area contributed by atoms with E-state index < -0.39 is 29.6 Å². The number of aromatic hydroxyl groups is 1. The van der Waals surface area contributed by atoms with Gasteiger partial charge in [0.05, 0.1) is 32.0 Å². The zero-order valence-corrected chi connectivity index (χ0v) is 30.8. The van der Waals surface area contributed by atoms with Gasteiger partial charge in [-0.05, 0) is 55.0 Å². The van der Waals surface area contributed by atoms with Crippen LogP contribution in [-0.4, -0.2) is 105 Å². The van der Waals surface area contributed by atoms with Crippen molar-refractivity contribution in [2.45, 2.75) is 38.0 Å². The molecule has 4 amide bonds. The summed E-state index contributed by atoms with van der Waals surface area (Å²) in [5.41, 5.74) is 1.51. The molecule has 0 radical (unpaired) electrons. The molecule has 14 heteroatoms. The fourth-order valence-electron chi connectivity index (χ4n) is 6.31. The van der Waals surface area contributed by atoms with Crippen LogP contribution in [0, 0.1) is 11.8 Å². The third kappa shape index (κ3) is 9.15. The molecule has 1 atom stereocenters. The van der Waals surface area contributed by atoms with E-state index >= 15 is 0 Å². The Morgan fingerprint density at radius 2 is 1.69 bits per heavy atom. The fourth-order valence-corrected chi connectivity index (χ4v) is 6.49. The maximum absolute atomic E-state index is 14.5. The van der Waals surface area contributed by atoms with Crippen LogP contribution in [0.15, 0.2) is 84.0 Å². The number of anilines is 1. The molecule has 3 heterocycles. The van der Waals surface area contributed by atoms with Gasteiger partial charge in [0.2, 0.25) is 5.91 Å². The largest absolute Gasteiger partial charge is 0.507 e. The van der Waals surface area contributed by atoms with Crippen molar-refractivity contribution in [3.05, 3.63) is 101 Å². The lowest BCUT2D eigenvalue weighted by molar-refractivity contribution is -0.185. The zero-order chi connectivity index (χ0) is 38.2. The highest BCUT2D eigenvalue weighted by Crippen LogP contribution is 2.33. The molecule has 13 nitrogen and oxygen atoms in total. The number of aliphatic hydroxyl groups is 1. The van der Waals surface area contributed by atoms with Crippen LogP contribution >= 0.6 is 11.6 Å². The van der Waals surface area contributed by atoms with Crippen molar-refractivity contribution in [3.8, 4) is 28.8 Å². The molecule has 0 saturated carbocycles. The van der Waals surface area contributed by atoms with Crippen LogP contribution in [0.3, 0.4) is 0 Å². The smallest absolute Gasteiger partial charge is 0.344 e. The van der Waals surface area contributed by atoms with Gasteiger partial charge in [-0.2, -0.15) is 10.1 Å². The van der Waals surface area contributed by atoms with Crippen molar-refractivity contribution >= 4 is 40.8 Å². The molecule has 280 valence electrons. The summed E-state index contributed by atoms with van der Waals surface area (Å²) in [6.07, 6.45) is 1.88. The van der Waals surface area contributed by atoms with E-state index in [9.17, 15) is 24.6 Å². The molecule has 2 fully saturated rings. The number of benzene rings is 3. The molecule has 3 N–H and O–H groups in total. The number of hydrogen-bond acceptors (Lipinski definition) is 8. The SMILES string of the molecule is C[C@@H](C(=O)Nc1ccc(C#Cc2cn(C)nc2-c2cc(Cl)ccc2O)cc1)N(C(=O)/C(Cc1ccccc1)=N/C(=O)N1CCOCC1)C1(O)CCOCC1. The lowest BCUT2D eigenvalue weighted by Gasteiger charge is -2.44. The molecule has 0 unspecified atom stereocenters. The van der Waals surface area contributed by atoms with Crippen molar-refractivity contribution in [1.82, 2.24) is 19.6 Å². The quantitative estimate of drug-likeness (QED) is 0.134. The van der Waals surface area contributed by atoms with Gasteiger partial charge in [-0.1, -0.05) is 53.8 Å². The Hall–Kier alpha value is -5.52. The standard InChI is InChI=1S/C40H41ClN6O7/c1-27(37(49)42-32-13-9-28(10-14-32)8-11-30-26-45(2)44-36(30)33-25-31(41)12-15-35(33)48)47(40(52)16-20-53-21-17-40)38(50)34(24-29-6-4-3-5-7-29)43-39(51)46-18-22-54-23-19-46/h3-7,9-10,12-15,25-27,48,52H,16-24H2,1-2H3,(H,42,49)/b43-34+/t27-/m0/s1. The minimum atomic E-state index is -1.74. The highest BCUT2D eigenvalue weighted by molar-refractivity contribution is 6.41. The maximum Gasteiger partial charge on any atom is 0.344 e. The molecule has 4 aromatic rings. The van der Waals surface area contributed by atoms with E-state index in [-0.39, 0.29) is 43.9 Å². The van der Waals surface area contributed by atoms with Crippen LogP contribution in [0.1, 0.15) is 36.5 Å². The highest BCUT2D eigenvalue weighted by Gasteiger charge is 2.45. The number of halogens is 1. The number of urea groups is 1. The van der Waals surface area contributed by atoms with E-state index in [4.69, 9.17) is 21.1 Å². The Labute approximate surface area is 318 Å². The summed E-state index contributed by atoms with van der Waals surface area (Å²) in [5.74, 6) is 4.95. The first-order valence-electron chi connectivity index (χ1n) is 17.6. The third-order valence-electron chi connectivity index (χ3n) is 9.24. The minimum absolute atomic E-state index is 0.0104. The van der Waals surface area contributed by atoms with Gasteiger partial charge in [0.15, 0.2) is 0 Å². The number of aliphatic imine (C=N–C) groups is 1. The van der Waals surface area contributed by atoms with E-state index in [1.54, 1.807) is 54.3 Å².